The highest BCUT2D eigenvalue weighted by Gasteiger charge is 2.16. The van der Waals surface area contributed by atoms with Crippen molar-refractivity contribution in [3.05, 3.63) is 0 Å². The highest BCUT2D eigenvalue weighted by atomic mass is 28.4. The molecular formula is C9H18OSi. The Bertz CT molecular complexity index is 159. The molecule has 0 rings (SSSR count). The lowest BCUT2D eigenvalue weighted by atomic mass is 10.4. The molecular weight excluding hydrogens is 152 g/mol. The van der Waals surface area contributed by atoms with E-state index in [1.807, 2.05) is 13.8 Å². The van der Waals surface area contributed by atoms with E-state index in [9.17, 15) is 0 Å². The summed E-state index contributed by atoms with van der Waals surface area (Å²) in [6.07, 6.45) is 1.03. The molecule has 1 atom stereocenters. The monoisotopic (exact) mass is 170 g/mol. The second-order valence-corrected chi connectivity index (χ2v) is 8.01. The Balaban J connectivity index is 3.78. The molecule has 0 aromatic heterocycles. The molecule has 0 aromatic carbocycles. The van der Waals surface area contributed by atoms with Crippen molar-refractivity contribution in [3.63, 3.8) is 0 Å². The molecule has 0 heterocycles. The van der Waals surface area contributed by atoms with Crippen molar-refractivity contribution in [2.24, 2.45) is 0 Å². The molecule has 0 aliphatic rings. The van der Waals surface area contributed by atoms with Crippen LogP contribution in [-0.2, 0) is 4.43 Å². The standard InChI is InChI=1S/C9H18OSi/c1-6-7-8-9(2)10-11(3,4)5/h9H,6H2,1-5H3. The Kier molecular flexibility index (Phi) is 4.47. The molecule has 0 saturated carbocycles. The van der Waals surface area contributed by atoms with E-state index in [0.29, 0.717) is 0 Å². The van der Waals surface area contributed by atoms with E-state index in [1.54, 1.807) is 0 Å². The molecule has 0 aliphatic heterocycles. The molecule has 2 heteroatoms. The lowest BCUT2D eigenvalue weighted by Gasteiger charge is -2.19. The van der Waals surface area contributed by atoms with Gasteiger partial charge in [0.15, 0.2) is 8.32 Å². The summed E-state index contributed by atoms with van der Waals surface area (Å²) in [5, 5.41) is 0. The van der Waals surface area contributed by atoms with Gasteiger partial charge in [0.1, 0.15) is 6.10 Å². The van der Waals surface area contributed by atoms with Crippen molar-refractivity contribution in [3.8, 4) is 11.8 Å². The van der Waals surface area contributed by atoms with Gasteiger partial charge >= 0.3 is 0 Å². The summed E-state index contributed by atoms with van der Waals surface area (Å²) in [6.45, 7) is 10.6. The Hall–Kier alpha value is -0.263. The summed E-state index contributed by atoms with van der Waals surface area (Å²) < 4.78 is 5.70. The lowest BCUT2D eigenvalue weighted by Crippen LogP contribution is -2.29. The van der Waals surface area contributed by atoms with Crippen LogP contribution in [0.5, 0.6) is 0 Å². The van der Waals surface area contributed by atoms with E-state index in [0.717, 1.165) is 6.42 Å². The smallest absolute Gasteiger partial charge is 0.185 e. The van der Waals surface area contributed by atoms with Crippen LogP contribution in [0.2, 0.25) is 19.6 Å². The Morgan fingerprint density at radius 2 is 1.91 bits per heavy atom. The topological polar surface area (TPSA) is 9.23 Å². The van der Waals surface area contributed by atoms with Gasteiger partial charge in [-0.3, -0.25) is 0 Å². The van der Waals surface area contributed by atoms with Gasteiger partial charge in [0.25, 0.3) is 0 Å². The normalized spacial score (nSPS) is 13.5. The van der Waals surface area contributed by atoms with E-state index >= 15 is 0 Å². The van der Waals surface area contributed by atoms with Crippen molar-refractivity contribution in [1.82, 2.24) is 0 Å². The molecule has 11 heavy (non-hydrogen) atoms. The van der Waals surface area contributed by atoms with Gasteiger partial charge in [0.2, 0.25) is 0 Å². The van der Waals surface area contributed by atoms with Crippen LogP contribution in [0.25, 0.3) is 0 Å². The van der Waals surface area contributed by atoms with Gasteiger partial charge in [-0.25, -0.2) is 0 Å². The van der Waals surface area contributed by atoms with Gasteiger partial charge in [-0.1, -0.05) is 12.8 Å². The molecule has 0 N–H and O–H groups in total. The molecule has 1 unspecified atom stereocenters. The fraction of sp³-hybridized carbons (Fsp3) is 0.778. The second kappa shape index (κ2) is 4.58. The fourth-order valence-electron chi connectivity index (χ4n) is 0.806. The Morgan fingerprint density at radius 3 is 2.27 bits per heavy atom. The van der Waals surface area contributed by atoms with Gasteiger partial charge in [0, 0.05) is 6.42 Å². The lowest BCUT2D eigenvalue weighted by molar-refractivity contribution is 0.272. The number of rotatable bonds is 2. The summed E-state index contributed by atoms with van der Waals surface area (Å²) in [5.74, 6) is 6.07. The number of hydrogen-bond acceptors (Lipinski definition) is 1. The van der Waals surface area contributed by atoms with Crippen LogP contribution in [0.1, 0.15) is 20.3 Å². The maximum atomic E-state index is 5.70. The van der Waals surface area contributed by atoms with Crippen LogP contribution in [0.3, 0.4) is 0 Å². The molecule has 0 aromatic rings. The molecule has 0 radical (unpaired) electrons. The van der Waals surface area contributed by atoms with E-state index in [2.05, 4.69) is 31.5 Å². The average Bonchev–Trinajstić information content (AvgIpc) is 1.79. The zero-order valence-corrected chi connectivity index (χ0v) is 9.19. The van der Waals surface area contributed by atoms with Gasteiger partial charge in [-0.05, 0) is 26.6 Å². The van der Waals surface area contributed by atoms with Crippen LogP contribution in [0.15, 0.2) is 0 Å². The third-order valence-electron chi connectivity index (χ3n) is 1.01. The molecule has 0 bridgehead atoms. The quantitative estimate of drug-likeness (QED) is 0.457. The highest BCUT2D eigenvalue weighted by Crippen LogP contribution is 2.05. The first kappa shape index (κ1) is 10.7. The Labute approximate surface area is 71.3 Å². The summed E-state index contributed by atoms with van der Waals surface area (Å²) in [4.78, 5) is 0. The SMILES string of the molecule is CCC#CC(C)O[Si](C)(C)C. The van der Waals surface area contributed by atoms with E-state index in [4.69, 9.17) is 4.43 Å². The van der Waals surface area contributed by atoms with E-state index in [1.165, 1.54) is 0 Å². The summed E-state index contributed by atoms with van der Waals surface area (Å²) in [5.41, 5.74) is 0. The van der Waals surface area contributed by atoms with Crippen LogP contribution >= 0.6 is 0 Å². The van der Waals surface area contributed by atoms with E-state index in [-0.39, 0.29) is 6.10 Å². The van der Waals surface area contributed by atoms with Crippen molar-refractivity contribution in [2.45, 2.75) is 46.0 Å². The summed E-state index contributed by atoms with van der Waals surface area (Å²) >= 11 is 0. The van der Waals surface area contributed by atoms with Gasteiger partial charge in [0.05, 0.1) is 0 Å². The predicted molar refractivity (Wildman–Crippen MR) is 52.0 cm³/mol. The van der Waals surface area contributed by atoms with Crippen molar-refractivity contribution < 1.29 is 4.43 Å². The first-order chi connectivity index (χ1) is 4.95. The molecule has 0 spiro atoms. The minimum absolute atomic E-state index is 0.113. The molecule has 0 aliphatic carbocycles. The van der Waals surface area contributed by atoms with Crippen LogP contribution in [0.4, 0.5) is 0 Å². The highest BCUT2D eigenvalue weighted by molar-refractivity contribution is 6.69. The minimum Gasteiger partial charge on any atom is -0.404 e. The van der Waals surface area contributed by atoms with E-state index < -0.39 is 8.32 Å². The first-order valence-corrected chi connectivity index (χ1v) is 7.52. The Morgan fingerprint density at radius 1 is 1.36 bits per heavy atom. The van der Waals surface area contributed by atoms with Gasteiger partial charge < -0.3 is 4.43 Å². The molecule has 1 nitrogen and oxygen atoms in total. The zero-order chi connectivity index (χ0) is 8.91. The van der Waals surface area contributed by atoms with Gasteiger partial charge in [-0.15, -0.1) is 5.92 Å². The maximum absolute atomic E-state index is 5.70. The second-order valence-electron chi connectivity index (χ2n) is 3.55. The van der Waals surface area contributed by atoms with Crippen molar-refractivity contribution in [1.29, 1.82) is 0 Å². The zero-order valence-electron chi connectivity index (χ0n) is 8.19. The fourth-order valence-corrected chi connectivity index (χ4v) is 1.93. The minimum atomic E-state index is -1.37. The summed E-state index contributed by atoms with van der Waals surface area (Å²) in [6, 6.07) is 0. The average molecular weight is 170 g/mol. The summed E-state index contributed by atoms with van der Waals surface area (Å²) in [7, 11) is -1.37. The third kappa shape index (κ3) is 7.64. The molecule has 0 saturated heterocycles. The number of hydrogen-bond donors (Lipinski definition) is 0. The van der Waals surface area contributed by atoms with Crippen molar-refractivity contribution in [2.75, 3.05) is 0 Å². The first-order valence-electron chi connectivity index (χ1n) is 4.12. The van der Waals surface area contributed by atoms with Crippen molar-refractivity contribution >= 4 is 8.32 Å². The third-order valence-corrected chi connectivity index (χ3v) is 2.07. The van der Waals surface area contributed by atoms with Crippen LogP contribution in [0, 0.1) is 11.8 Å². The molecule has 64 valence electrons. The molecule has 0 fully saturated rings. The van der Waals surface area contributed by atoms with Crippen LogP contribution in [-0.4, -0.2) is 14.4 Å². The van der Waals surface area contributed by atoms with Gasteiger partial charge in [-0.2, -0.15) is 0 Å². The maximum Gasteiger partial charge on any atom is 0.185 e. The molecule has 0 amide bonds. The predicted octanol–water partition coefficient (Wildman–Crippen LogP) is 2.64. The van der Waals surface area contributed by atoms with Crippen LogP contribution < -0.4 is 0 Å². The largest absolute Gasteiger partial charge is 0.404 e.